The Bertz CT molecular complexity index is 1100. The summed E-state index contributed by atoms with van der Waals surface area (Å²) in [5.41, 5.74) is 9.21. The molecule has 1 aromatic carbocycles. The first-order chi connectivity index (χ1) is 17.9. The van der Waals surface area contributed by atoms with E-state index in [1.165, 1.54) is 0 Å². The summed E-state index contributed by atoms with van der Waals surface area (Å²) in [6.07, 6.45) is 8.32. The molecule has 0 saturated carbocycles. The Morgan fingerprint density at radius 1 is 1.03 bits per heavy atom. The minimum absolute atomic E-state index is 0.0593. The van der Waals surface area contributed by atoms with Crippen LogP contribution in [0.2, 0.25) is 0 Å². The number of nitrogen functional groups attached to an aromatic ring is 1. The third-order valence-electron chi connectivity index (χ3n) is 8.12. The number of anilines is 1. The lowest BCUT2D eigenvalue weighted by Gasteiger charge is -2.32. The van der Waals surface area contributed by atoms with Gasteiger partial charge in [-0.15, -0.1) is 0 Å². The van der Waals surface area contributed by atoms with Crippen LogP contribution >= 0.6 is 0 Å². The normalized spacial score (nSPS) is 24.8. The number of hydrogen-bond acceptors (Lipinski definition) is 6. The van der Waals surface area contributed by atoms with E-state index in [0.29, 0.717) is 24.5 Å². The third-order valence-corrected chi connectivity index (χ3v) is 8.12. The number of piperidine rings is 1. The molecule has 1 amide bonds. The van der Waals surface area contributed by atoms with Crippen LogP contribution in [0.1, 0.15) is 80.5 Å². The fourth-order valence-corrected chi connectivity index (χ4v) is 6.15. The second kappa shape index (κ2) is 11.3. The van der Waals surface area contributed by atoms with E-state index in [1.54, 1.807) is 0 Å². The smallest absolute Gasteiger partial charge is 0.244 e. The molecule has 3 atom stereocenters. The average molecular weight is 509 g/mol. The van der Waals surface area contributed by atoms with Crippen LogP contribution in [0, 0.1) is 5.92 Å². The van der Waals surface area contributed by atoms with E-state index in [4.69, 9.17) is 20.3 Å². The van der Waals surface area contributed by atoms with Crippen LogP contribution in [0.15, 0.2) is 24.3 Å². The molecular formula is C29H40N4O4. The predicted molar refractivity (Wildman–Crippen MR) is 142 cm³/mol. The Morgan fingerprint density at radius 2 is 1.78 bits per heavy atom. The molecule has 2 aromatic rings. The fourth-order valence-electron chi connectivity index (χ4n) is 6.15. The number of carbonyl (C=O) groups is 2. The maximum absolute atomic E-state index is 13.6. The van der Waals surface area contributed by atoms with Crippen molar-refractivity contribution >= 4 is 17.4 Å². The van der Waals surface area contributed by atoms with E-state index >= 15 is 0 Å². The monoisotopic (exact) mass is 508 g/mol. The first kappa shape index (κ1) is 25.8. The summed E-state index contributed by atoms with van der Waals surface area (Å²) in [7, 11) is 0. The Hall–Kier alpha value is -2.87. The molecule has 1 unspecified atom stereocenters. The van der Waals surface area contributed by atoms with E-state index < -0.39 is 0 Å². The van der Waals surface area contributed by atoms with Gasteiger partial charge in [-0.2, -0.15) is 5.10 Å². The van der Waals surface area contributed by atoms with Gasteiger partial charge < -0.3 is 20.1 Å². The maximum Gasteiger partial charge on any atom is 0.244 e. The quantitative estimate of drug-likeness (QED) is 0.464. The number of benzene rings is 1. The number of aromatic nitrogens is 2. The summed E-state index contributed by atoms with van der Waals surface area (Å²) in [5, 5.41) is 4.76. The van der Waals surface area contributed by atoms with Crippen LogP contribution in [-0.4, -0.2) is 57.8 Å². The minimum Gasteiger partial charge on any atom is -0.490 e. The van der Waals surface area contributed by atoms with Gasteiger partial charge in [-0.1, -0.05) is 6.42 Å². The molecule has 0 bridgehead atoms. The van der Waals surface area contributed by atoms with E-state index in [1.807, 2.05) is 33.8 Å². The molecule has 2 aliphatic heterocycles. The molecule has 200 valence electrons. The molecule has 1 aliphatic carbocycles. The van der Waals surface area contributed by atoms with Gasteiger partial charge in [0.25, 0.3) is 0 Å². The van der Waals surface area contributed by atoms with Gasteiger partial charge in [-0.25, -0.2) is 0 Å². The van der Waals surface area contributed by atoms with Crippen molar-refractivity contribution in [2.24, 2.45) is 5.92 Å². The van der Waals surface area contributed by atoms with Gasteiger partial charge in [-0.3, -0.25) is 14.3 Å². The van der Waals surface area contributed by atoms with Crippen molar-refractivity contribution in [1.82, 2.24) is 14.7 Å². The van der Waals surface area contributed by atoms with Crippen molar-refractivity contribution in [3.8, 4) is 5.75 Å². The highest BCUT2D eigenvalue weighted by Crippen LogP contribution is 2.31. The number of likely N-dealkylation sites (tertiary alicyclic amines) is 1. The number of Topliss-reactive ketones (excluding diaryl/α,β-unsaturated/α-hetero) is 1. The summed E-state index contributed by atoms with van der Waals surface area (Å²) < 4.78 is 13.9. The lowest BCUT2D eigenvalue weighted by molar-refractivity contribution is -0.133. The second-order valence-electron chi connectivity index (χ2n) is 11.0. The number of ether oxygens (including phenoxy) is 2. The number of nitrogens with zero attached hydrogens (tertiary/aromatic N) is 3. The first-order valence-corrected chi connectivity index (χ1v) is 14.0. The van der Waals surface area contributed by atoms with E-state index in [0.717, 1.165) is 74.8 Å². The van der Waals surface area contributed by atoms with Gasteiger partial charge in [-0.05, 0) is 76.6 Å². The number of amides is 1. The van der Waals surface area contributed by atoms with Crippen molar-refractivity contribution in [2.75, 3.05) is 18.8 Å². The maximum atomic E-state index is 13.6. The summed E-state index contributed by atoms with van der Waals surface area (Å²) >= 11 is 0. The van der Waals surface area contributed by atoms with E-state index in [9.17, 15) is 9.59 Å². The summed E-state index contributed by atoms with van der Waals surface area (Å²) in [5.74, 6) is 0.938. The zero-order chi connectivity index (χ0) is 25.9. The van der Waals surface area contributed by atoms with E-state index in [2.05, 4.69) is 13.8 Å². The van der Waals surface area contributed by atoms with Gasteiger partial charge in [0.1, 0.15) is 24.1 Å². The highest BCUT2D eigenvalue weighted by atomic mass is 16.5. The number of nitrogens with two attached hydrogens (primary N) is 1. The Labute approximate surface area is 219 Å². The van der Waals surface area contributed by atoms with Crippen LogP contribution in [0.4, 0.5) is 5.69 Å². The largest absolute Gasteiger partial charge is 0.490 e. The molecule has 37 heavy (non-hydrogen) atoms. The number of ketones is 1. The molecule has 3 aliphatic rings. The molecule has 2 saturated heterocycles. The third kappa shape index (κ3) is 6.00. The Balaban J connectivity index is 1.21. The van der Waals surface area contributed by atoms with E-state index in [-0.39, 0.29) is 42.5 Å². The molecule has 2 fully saturated rings. The predicted octanol–water partition coefficient (Wildman–Crippen LogP) is 4.19. The van der Waals surface area contributed by atoms with Crippen LogP contribution in [0.5, 0.6) is 5.75 Å². The van der Waals surface area contributed by atoms with Crippen molar-refractivity contribution in [3.63, 3.8) is 0 Å². The minimum atomic E-state index is -0.0636. The van der Waals surface area contributed by atoms with Crippen LogP contribution in [0.3, 0.4) is 0 Å². The highest BCUT2D eigenvalue weighted by Gasteiger charge is 2.33. The topological polar surface area (TPSA) is 99.7 Å². The molecular weight excluding hydrogens is 468 g/mol. The van der Waals surface area contributed by atoms with Gasteiger partial charge in [0.15, 0.2) is 5.78 Å². The zero-order valence-corrected chi connectivity index (χ0v) is 22.2. The standard InChI is InChI=1S/C29H40N4O4/c1-19-5-3-6-21(17-20(2)36-19)29(35)28-25-7-4-8-26(25)33(31-28)18-27(34)32-15-13-24(14-16-32)37-23-11-9-22(30)10-12-23/h9-12,19-21,24H,3-8,13-18,30H2,1-2H3/t19-,20+,21?/m0/s1. The first-order valence-electron chi connectivity index (χ1n) is 14.0. The molecule has 8 nitrogen and oxygen atoms in total. The number of rotatable bonds is 6. The zero-order valence-electron chi connectivity index (χ0n) is 22.2. The SMILES string of the molecule is C[C@@H]1CC(C(=O)c2nn(CC(=O)N3CCC(Oc4ccc(N)cc4)CC3)c3c2CCC3)CCC[C@H](C)O1. The molecule has 0 radical (unpaired) electrons. The number of carbonyl (C=O) groups excluding carboxylic acids is 2. The number of fused-ring (bicyclic) bond motifs is 1. The molecule has 3 heterocycles. The second-order valence-corrected chi connectivity index (χ2v) is 11.0. The average Bonchev–Trinajstić information content (AvgIpc) is 3.47. The molecule has 1 aromatic heterocycles. The molecule has 2 N–H and O–H groups in total. The summed E-state index contributed by atoms with van der Waals surface area (Å²) in [4.78, 5) is 28.7. The van der Waals surface area contributed by atoms with Gasteiger partial charge in [0.05, 0.1) is 12.2 Å². The summed E-state index contributed by atoms with van der Waals surface area (Å²) in [6, 6.07) is 7.44. The summed E-state index contributed by atoms with van der Waals surface area (Å²) in [6.45, 7) is 5.69. The molecule has 5 rings (SSSR count). The van der Waals surface area contributed by atoms with Crippen molar-refractivity contribution in [3.05, 3.63) is 41.2 Å². The molecule has 8 heteroatoms. The van der Waals surface area contributed by atoms with Crippen LogP contribution in [-0.2, 0) is 28.9 Å². The van der Waals surface area contributed by atoms with Gasteiger partial charge in [0, 0.05) is 48.8 Å². The fraction of sp³-hybridized carbons (Fsp3) is 0.621. The van der Waals surface area contributed by atoms with Crippen molar-refractivity contribution < 1.29 is 19.1 Å². The van der Waals surface area contributed by atoms with Gasteiger partial charge in [0.2, 0.25) is 5.91 Å². The van der Waals surface area contributed by atoms with Crippen LogP contribution < -0.4 is 10.5 Å². The van der Waals surface area contributed by atoms with Crippen molar-refractivity contribution in [2.45, 2.75) is 96.5 Å². The van der Waals surface area contributed by atoms with Crippen LogP contribution in [0.25, 0.3) is 0 Å². The highest BCUT2D eigenvalue weighted by molar-refractivity contribution is 5.98. The Morgan fingerprint density at radius 3 is 2.54 bits per heavy atom. The lowest BCUT2D eigenvalue weighted by atomic mass is 9.87. The van der Waals surface area contributed by atoms with Crippen molar-refractivity contribution in [1.29, 1.82) is 0 Å². The Kier molecular flexibility index (Phi) is 7.84. The lowest BCUT2D eigenvalue weighted by Crippen LogP contribution is -2.43. The van der Waals surface area contributed by atoms with Gasteiger partial charge >= 0.3 is 0 Å². The number of hydrogen-bond donors (Lipinski definition) is 1. The molecule has 0 spiro atoms.